The highest BCUT2D eigenvalue weighted by Gasteiger charge is 2.27. The molecule has 0 unspecified atom stereocenters. The lowest BCUT2D eigenvalue weighted by Gasteiger charge is -2.30. The molecule has 0 saturated heterocycles. The van der Waals surface area contributed by atoms with E-state index in [1.807, 2.05) is 19.9 Å². The number of benzene rings is 2. The van der Waals surface area contributed by atoms with Crippen LogP contribution in [0.2, 0.25) is 10.0 Å². The summed E-state index contributed by atoms with van der Waals surface area (Å²) >= 11 is 12.3. The Kier molecular flexibility index (Phi) is 10.2. The first-order valence-electron chi connectivity index (χ1n) is 11.0. The SMILES string of the molecule is CC(C)NC(=O)[C@H](C)N(Cc1ccccc1Cl)C(=O)CCCN(c1cccc(Cl)c1)S(C)(=O)=O. The fourth-order valence-electron chi connectivity index (χ4n) is 3.43. The Morgan fingerprint density at radius 3 is 2.29 bits per heavy atom. The monoisotopic (exact) mass is 527 g/mol. The Hall–Kier alpha value is -2.29. The second-order valence-corrected chi connectivity index (χ2v) is 11.1. The van der Waals surface area contributed by atoms with E-state index in [2.05, 4.69) is 5.32 Å². The number of sulfonamides is 1. The number of nitrogens with one attached hydrogen (secondary N) is 1. The average molecular weight is 529 g/mol. The van der Waals surface area contributed by atoms with Gasteiger partial charge in [-0.05, 0) is 57.0 Å². The molecule has 10 heteroatoms. The second kappa shape index (κ2) is 12.4. The lowest BCUT2D eigenvalue weighted by Crippen LogP contribution is -2.49. The molecule has 2 amide bonds. The molecule has 186 valence electrons. The van der Waals surface area contributed by atoms with E-state index in [-0.39, 0.29) is 43.8 Å². The Morgan fingerprint density at radius 2 is 1.71 bits per heavy atom. The van der Waals surface area contributed by atoms with Gasteiger partial charge in [-0.3, -0.25) is 13.9 Å². The molecule has 0 bridgehead atoms. The van der Waals surface area contributed by atoms with Crippen LogP contribution in [0.15, 0.2) is 48.5 Å². The largest absolute Gasteiger partial charge is 0.352 e. The fourth-order valence-corrected chi connectivity index (χ4v) is 4.77. The van der Waals surface area contributed by atoms with Gasteiger partial charge in [0.05, 0.1) is 11.9 Å². The van der Waals surface area contributed by atoms with Crippen LogP contribution in [0.4, 0.5) is 5.69 Å². The van der Waals surface area contributed by atoms with Crippen molar-refractivity contribution in [1.29, 1.82) is 0 Å². The van der Waals surface area contributed by atoms with E-state index >= 15 is 0 Å². The molecule has 0 spiro atoms. The highest BCUT2D eigenvalue weighted by Crippen LogP contribution is 2.23. The molecule has 0 fully saturated rings. The predicted octanol–water partition coefficient (Wildman–Crippen LogP) is 4.48. The second-order valence-electron chi connectivity index (χ2n) is 8.37. The topological polar surface area (TPSA) is 86.8 Å². The maximum Gasteiger partial charge on any atom is 0.242 e. The zero-order valence-corrected chi connectivity index (χ0v) is 22.1. The summed E-state index contributed by atoms with van der Waals surface area (Å²) in [5.41, 5.74) is 1.15. The van der Waals surface area contributed by atoms with Crippen molar-refractivity contribution in [2.75, 3.05) is 17.1 Å². The summed E-state index contributed by atoms with van der Waals surface area (Å²) in [4.78, 5) is 27.4. The van der Waals surface area contributed by atoms with Gasteiger partial charge in [0.25, 0.3) is 0 Å². The van der Waals surface area contributed by atoms with Crippen molar-refractivity contribution in [3.05, 3.63) is 64.1 Å². The van der Waals surface area contributed by atoms with Gasteiger partial charge in [-0.2, -0.15) is 0 Å². The molecule has 2 aromatic rings. The number of carbonyl (C=O) groups excluding carboxylic acids is 2. The van der Waals surface area contributed by atoms with Gasteiger partial charge in [0.15, 0.2) is 0 Å². The normalized spacial score (nSPS) is 12.3. The quantitative estimate of drug-likeness (QED) is 0.466. The summed E-state index contributed by atoms with van der Waals surface area (Å²) in [6.45, 7) is 5.62. The third-order valence-electron chi connectivity index (χ3n) is 5.15. The summed E-state index contributed by atoms with van der Waals surface area (Å²) in [6.07, 6.45) is 1.42. The first-order chi connectivity index (χ1) is 15.9. The predicted molar refractivity (Wildman–Crippen MR) is 138 cm³/mol. The van der Waals surface area contributed by atoms with Crippen LogP contribution in [0.25, 0.3) is 0 Å². The minimum Gasteiger partial charge on any atom is -0.352 e. The summed E-state index contributed by atoms with van der Waals surface area (Å²) in [5.74, 6) is -0.544. The average Bonchev–Trinajstić information content (AvgIpc) is 2.74. The van der Waals surface area contributed by atoms with E-state index < -0.39 is 16.1 Å². The van der Waals surface area contributed by atoms with E-state index in [9.17, 15) is 18.0 Å². The Morgan fingerprint density at radius 1 is 1.03 bits per heavy atom. The molecule has 0 heterocycles. The molecule has 0 aliphatic rings. The van der Waals surface area contributed by atoms with E-state index in [1.54, 1.807) is 49.4 Å². The van der Waals surface area contributed by atoms with Gasteiger partial charge in [0.2, 0.25) is 21.8 Å². The standard InChI is InChI=1S/C24H31Cl2N3O4S/c1-17(2)27-24(31)18(3)28(16-19-9-5-6-12-22(19)26)23(30)13-8-14-29(34(4,32)33)21-11-7-10-20(25)15-21/h5-7,9-12,15,17-18H,8,13-14,16H2,1-4H3,(H,27,31)/t18-/m0/s1. The molecule has 1 atom stereocenters. The van der Waals surface area contributed by atoms with Crippen molar-refractivity contribution in [3.8, 4) is 0 Å². The van der Waals surface area contributed by atoms with Gasteiger partial charge in [0, 0.05) is 35.6 Å². The van der Waals surface area contributed by atoms with Crippen molar-refractivity contribution in [2.24, 2.45) is 0 Å². The Bertz CT molecular complexity index is 1110. The number of carbonyl (C=O) groups is 2. The van der Waals surface area contributed by atoms with Crippen molar-refractivity contribution < 1.29 is 18.0 Å². The third kappa shape index (κ3) is 8.18. The van der Waals surface area contributed by atoms with Crippen LogP contribution >= 0.6 is 23.2 Å². The van der Waals surface area contributed by atoms with E-state index in [1.165, 1.54) is 9.21 Å². The lowest BCUT2D eigenvalue weighted by molar-refractivity contribution is -0.140. The van der Waals surface area contributed by atoms with Crippen molar-refractivity contribution in [1.82, 2.24) is 10.2 Å². The zero-order chi connectivity index (χ0) is 25.5. The van der Waals surface area contributed by atoms with Crippen LogP contribution in [-0.4, -0.2) is 50.0 Å². The highest BCUT2D eigenvalue weighted by molar-refractivity contribution is 7.92. The lowest BCUT2D eigenvalue weighted by atomic mass is 10.1. The first kappa shape index (κ1) is 28.0. The Labute approximate surface area is 212 Å². The van der Waals surface area contributed by atoms with E-state index in [4.69, 9.17) is 23.2 Å². The number of nitrogens with zero attached hydrogens (tertiary/aromatic N) is 2. The van der Waals surface area contributed by atoms with E-state index in [0.29, 0.717) is 15.7 Å². The molecule has 2 aromatic carbocycles. The maximum absolute atomic E-state index is 13.2. The molecule has 1 N–H and O–H groups in total. The molecular formula is C24H31Cl2N3O4S. The molecular weight excluding hydrogens is 497 g/mol. The van der Waals surface area contributed by atoms with Crippen LogP contribution < -0.4 is 9.62 Å². The number of rotatable bonds is 11. The minimum atomic E-state index is -3.58. The molecule has 0 radical (unpaired) electrons. The van der Waals surface area contributed by atoms with Crippen LogP contribution in [-0.2, 0) is 26.2 Å². The number of halogens is 2. The summed E-state index contributed by atoms with van der Waals surface area (Å²) in [6, 6.07) is 12.9. The van der Waals surface area contributed by atoms with E-state index in [0.717, 1.165) is 11.8 Å². The molecule has 0 aromatic heterocycles. The van der Waals surface area contributed by atoms with Crippen LogP contribution in [0.3, 0.4) is 0 Å². The van der Waals surface area contributed by atoms with Gasteiger partial charge in [-0.25, -0.2) is 8.42 Å². The third-order valence-corrected chi connectivity index (χ3v) is 6.94. The van der Waals surface area contributed by atoms with Gasteiger partial charge in [-0.15, -0.1) is 0 Å². The smallest absolute Gasteiger partial charge is 0.242 e. The molecule has 34 heavy (non-hydrogen) atoms. The van der Waals surface area contributed by atoms with Gasteiger partial charge in [0.1, 0.15) is 6.04 Å². The van der Waals surface area contributed by atoms with Crippen LogP contribution in [0.5, 0.6) is 0 Å². The molecule has 2 rings (SSSR count). The molecule has 0 aliphatic carbocycles. The fraction of sp³-hybridized carbons (Fsp3) is 0.417. The van der Waals surface area contributed by atoms with Gasteiger partial charge < -0.3 is 10.2 Å². The molecule has 7 nitrogen and oxygen atoms in total. The maximum atomic E-state index is 13.2. The number of hydrogen-bond donors (Lipinski definition) is 1. The van der Waals surface area contributed by atoms with Crippen molar-refractivity contribution in [2.45, 2.75) is 52.2 Å². The first-order valence-corrected chi connectivity index (χ1v) is 13.6. The summed E-state index contributed by atoms with van der Waals surface area (Å²) in [7, 11) is -3.58. The highest BCUT2D eigenvalue weighted by atomic mass is 35.5. The molecule has 0 saturated carbocycles. The molecule has 0 aliphatic heterocycles. The number of amides is 2. The summed E-state index contributed by atoms with van der Waals surface area (Å²) in [5, 5.41) is 3.75. The Balaban J connectivity index is 2.18. The summed E-state index contributed by atoms with van der Waals surface area (Å²) < 4.78 is 25.9. The van der Waals surface area contributed by atoms with Gasteiger partial charge >= 0.3 is 0 Å². The number of anilines is 1. The minimum absolute atomic E-state index is 0.0519. The van der Waals surface area contributed by atoms with Crippen LogP contribution in [0.1, 0.15) is 39.2 Å². The van der Waals surface area contributed by atoms with Gasteiger partial charge in [-0.1, -0.05) is 47.5 Å². The number of hydrogen-bond acceptors (Lipinski definition) is 4. The van der Waals surface area contributed by atoms with Crippen molar-refractivity contribution in [3.63, 3.8) is 0 Å². The zero-order valence-electron chi connectivity index (χ0n) is 19.8. The van der Waals surface area contributed by atoms with Crippen LogP contribution in [0, 0.1) is 0 Å². The van der Waals surface area contributed by atoms with Crippen molar-refractivity contribution >= 4 is 50.7 Å².